The first-order chi connectivity index (χ1) is 11.0. The van der Waals surface area contributed by atoms with Crippen LogP contribution in [0.5, 0.6) is 0 Å². The number of hydrogen-bond donors (Lipinski definition) is 1. The van der Waals surface area contributed by atoms with Gasteiger partial charge in [-0.15, -0.1) is 0 Å². The lowest BCUT2D eigenvalue weighted by atomic mass is 10.2. The van der Waals surface area contributed by atoms with Crippen LogP contribution in [-0.2, 0) is 6.54 Å². The van der Waals surface area contributed by atoms with Gasteiger partial charge in [-0.05, 0) is 31.5 Å². The van der Waals surface area contributed by atoms with E-state index in [9.17, 15) is 4.79 Å². The SMILES string of the molecule is CC1(C)CN(C(=O)Nc2ccn(Cc3ccncc3)n2)CCS1. The van der Waals surface area contributed by atoms with E-state index < -0.39 is 0 Å². The van der Waals surface area contributed by atoms with E-state index >= 15 is 0 Å². The summed E-state index contributed by atoms with van der Waals surface area (Å²) in [4.78, 5) is 18.2. The second kappa shape index (κ2) is 6.62. The third-order valence-electron chi connectivity index (χ3n) is 3.68. The molecule has 0 saturated carbocycles. The van der Waals surface area contributed by atoms with Crippen molar-refractivity contribution in [2.24, 2.45) is 0 Å². The molecular formula is C16H21N5OS. The molecule has 7 heteroatoms. The monoisotopic (exact) mass is 331 g/mol. The number of nitrogens with one attached hydrogen (secondary N) is 1. The Labute approximate surface area is 140 Å². The molecule has 2 aromatic rings. The van der Waals surface area contributed by atoms with Crippen molar-refractivity contribution in [3.05, 3.63) is 42.4 Å². The Kier molecular flexibility index (Phi) is 4.56. The lowest BCUT2D eigenvalue weighted by Crippen LogP contribution is -2.47. The molecule has 0 aliphatic carbocycles. The summed E-state index contributed by atoms with van der Waals surface area (Å²) >= 11 is 1.91. The van der Waals surface area contributed by atoms with Crippen molar-refractivity contribution in [2.45, 2.75) is 25.1 Å². The van der Waals surface area contributed by atoms with Crippen molar-refractivity contribution in [1.82, 2.24) is 19.7 Å². The minimum Gasteiger partial charge on any atom is -0.322 e. The first-order valence-electron chi connectivity index (χ1n) is 7.64. The average molecular weight is 331 g/mol. The van der Waals surface area contributed by atoms with Gasteiger partial charge in [-0.25, -0.2) is 4.79 Å². The van der Waals surface area contributed by atoms with Crippen molar-refractivity contribution in [1.29, 1.82) is 0 Å². The highest BCUT2D eigenvalue weighted by Crippen LogP contribution is 2.29. The molecule has 0 atom stereocenters. The number of carbonyl (C=O) groups is 1. The quantitative estimate of drug-likeness (QED) is 0.939. The number of rotatable bonds is 3. The zero-order valence-corrected chi connectivity index (χ0v) is 14.2. The number of carbonyl (C=O) groups excluding carboxylic acids is 1. The van der Waals surface area contributed by atoms with Crippen LogP contribution in [0, 0.1) is 0 Å². The van der Waals surface area contributed by atoms with E-state index in [4.69, 9.17) is 0 Å². The lowest BCUT2D eigenvalue weighted by Gasteiger charge is -2.37. The van der Waals surface area contributed by atoms with Gasteiger partial charge in [0.2, 0.25) is 0 Å². The van der Waals surface area contributed by atoms with Gasteiger partial charge in [0.05, 0.1) is 6.54 Å². The molecule has 1 saturated heterocycles. The van der Waals surface area contributed by atoms with Crippen LogP contribution in [0.2, 0.25) is 0 Å². The summed E-state index contributed by atoms with van der Waals surface area (Å²) in [6.07, 6.45) is 5.39. The number of hydrogen-bond acceptors (Lipinski definition) is 4. The number of thioether (sulfide) groups is 1. The van der Waals surface area contributed by atoms with E-state index in [1.165, 1.54) is 0 Å². The van der Waals surface area contributed by atoms with E-state index in [-0.39, 0.29) is 10.8 Å². The summed E-state index contributed by atoms with van der Waals surface area (Å²) in [5.41, 5.74) is 1.12. The van der Waals surface area contributed by atoms with E-state index in [0.717, 1.165) is 24.4 Å². The molecule has 0 unspecified atom stereocenters. The Morgan fingerprint density at radius 2 is 2.13 bits per heavy atom. The molecule has 2 amide bonds. The number of aromatic nitrogens is 3. The topological polar surface area (TPSA) is 63.1 Å². The standard InChI is InChI=1S/C16H21N5OS/c1-16(2)12-20(9-10-23-16)15(22)18-14-5-8-21(19-14)11-13-3-6-17-7-4-13/h3-8H,9-12H2,1-2H3,(H,18,19,22). The van der Waals surface area contributed by atoms with Crippen molar-refractivity contribution in [3.8, 4) is 0 Å². The summed E-state index contributed by atoms with van der Waals surface area (Å²) in [5, 5.41) is 7.30. The minimum atomic E-state index is -0.0764. The van der Waals surface area contributed by atoms with Gasteiger partial charge in [-0.2, -0.15) is 16.9 Å². The zero-order chi connectivity index (χ0) is 16.3. The fraction of sp³-hybridized carbons (Fsp3) is 0.438. The van der Waals surface area contributed by atoms with Crippen molar-refractivity contribution >= 4 is 23.6 Å². The van der Waals surface area contributed by atoms with Gasteiger partial charge in [-0.3, -0.25) is 15.0 Å². The molecule has 1 aliphatic rings. The Hall–Kier alpha value is -2.02. The molecule has 1 N–H and O–H groups in total. The molecule has 122 valence electrons. The molecular weight excluding hydrogens is 310 g/mol. The van der Waals surface area contributed by atoms with Crippen LogP contribution < -0.4 is 5.32 Å². The van der Waals surface area contributed by atoms with Crippen LogP contribution in [0.4, 0.5) is 10.6 Å². The smallest absolute Gasteiger partial charge is 0.322 e. The highest BCUT2D eigenvalue weighted by Gasteiger charge is 2.29. The van der Waals surface area contributed by atoms with Gasteiger partial charge in [0.1, 0.15) is 0 Å². The number of anilines is 1. The number of pyridine rings is 1. The van der Waals surface area contributed by atoms with Gasteiger partial charge >= 0.3 is 6.03 Å². The molecule has 0 radical (unpaired) electrons. The van der Waals surface area contributed by atoms with E-state index in [2.05, 4.69) is 29.2 Å². The van der Waals surface area contributed by atoms with Gasteiger partial charge in [0.25, 0.3) is 0 Å². The van der Waals surface area contributed by atoms with E-state index in [1.54, 1.807) is 17.1 Å². The minimum absolute atomic E-state index is 0.0764. The van der Waals surface area contributed by atoms with Crippen LogP contribution in [0.1, 0.15) is 19.4 Å². The lowest BCUT2D eigenvalue weighted by molar-refractivity contribution is 0.208. The van der Waals surface area contributed by atoms with Crippen molar-refractivity contribution in [2.75, 3.05) is 24.2 Å². The Bertz CT molecular complexity index is 670. The third kappa shape index (κ3) is 4.25. The predicted molar refractivity (Wildman–Crippen MR) is 92.7 cm³/mol. The molecule has 3 heterocycles. The highest BCUT2D eigenvalue weighted by molar-refractivity contribution is 8.00. The molecule has 2 aromatic heterocycles. The molecule has 6 nitrogen and oxygen atoms in total. The fourth-order valence-corrected chi connectivity index (χ4v) is 3.68. The van der Waals surface area contributed by atoms with E-state index in [0.29, 0.717) is 12.4 Å². The largest absolute Gasteiger partial charge is 0.323 e. The molecule has 23 heavy (non-hydrogen) atoms. The second-order valence-electron chi connectivity index (χ2n) is 6.21. The van der Waals surface area contributed by atoms with Crippen LogP contribution in [0.25, 0.3) is 0 Å². The number of amides is 2. The maximum Gasteiger partial charge on any atom is 0.323 e. The number of urea groups is 1. The fourth-order valence-electron chi connectivity index (χ4n) is 2.57. The molecule has 0 spiro atoms. The zero-order valence-electron chi connectivity index (χ0n) is 13.4. The number of nitrogens with zero attached hydrogens (tertiary/aromatic N) is 4. The molecule has 0 bridgehead atoms. The first kappa shape index (κ1) is 15.9. The normalized spacial score (nSPS) is 17.0. The first-order valence-corrected chi connectivity index (χ1v) is 8.63. The highest BCUT2D eigenvalue weighted by atomic mass is 32.2. The summed E-state index contributed by atoms with van der Waals surface area (Å²) in [6, 6.07) is 5.65. The Balaban J connectivity index is 1.59. The Morgan fingerprint density at radius 1 is 1.35 bits per heavy atom. The van der Waals surface area contributed by atoms with Crippen LogP contribution >= 0.6 is 11.8 Å². The summed E-state index contributed by atoms with van der Waals surface area (Å²) in [7, 11) is 0. The van der Waals surface area contributed by atoms with Gasteiger partial charge in [-0.1, -0.05) is 0 Å². The second-order valence-corrected chi connectivity index (χ2v) is 8.02. The predicted octanol–water partition coefficient (Wildman–Crippen LogP) is 2.69. The molecule has 1 fully saturated rings. The summed E-state index contributed by atoms with van der Waals surface area (Å²) in [6.45, 7) is 6.52. The van der Waals surface area contributed by atoms with Crippen LogP contribution in [0.15, 0.2) is 36.8 Å². The van der Waals surface area contributed by atoms with Crippen molar-refractivity contribution in [3.63, 3.8) is 0 Å². The summed E-state index contributed by atoms with van der Waals surface area (Å²) < 4.78 is 1.91. The van der Waals surface area contributed by atoms with Crippen molar-refractivity contribution < 1.29 is 4.79 Å². The van der Waals surface area contributed by atoms with Crippen LogP contribution in [-0.4, -0.2) is 49.3 Å². The van der Waals surface area contributed by atoms with Gasteiger partial charge in [0, 0.05) is 48.2 Å². The summed E-state index contributed by atoms with van der Waals surface area (Å²) in [5.74, 6) is 1.55. The average Bonchev–Trinajstić information content (AvgIpc) is 2.94. The van der Waals surface area contributed by atoms with E-state index in [1.807, 2.05) is 41.1 Å². The maximum absolute atomic E-state index is 12.4. The molecule has 0 aromatic carbocycles. The molecule has 3 rings (SSSR count). The van der Waals surface area contributed by atoms with Gasteiger partial charge < -0.3 is 4.90 Å². The van der Waals surface area contributed by atoms with Gasteiger partial charge in [0.15, 0.2) is 5.82 Å². The maximum atomic E-state index is 12.4. The third-order valence-corrected chi connectivity index (χ3v) is 4.98. The molecule has 1 aliphatic heterocycles. The Morgan fingerprint density at radius 3 is 2.87 bits per heavy atom. The van der Waals surface area contributed by atoms with Crippen LogP contribution in [0.3, 0.4) is 0 Å².